The fourth-order valence-corrected chi connectivity index (χ4v) is 2.19. The first kappa shape index (κ1) is 14.0. The molecule has 17 heavy (non-hydrogen) atoms. The fourth-order valence-electron chi connectivity index (χ4n) is 2.19. The third kappa shape index (κ3) is 3.71. The lowest BCUT2D eigenvalue weighted by Gasteiger charge is -2.34. The van der Waals surface area contributed by atoms with Crippen LogP contribution in [-0.2, 0) is 6.54 Å². The first-order chi connectivity index (χ1) is 7.72. The van der Waals surface area contributed by atoms with Crippen LogP contribution in [0.5, 0.6) is 0 Å². The monoisotopic (exact) mass is 252 g/mol. The molecule has 1 saturated heterocycles. The van der Waals surface area contributed by atoms with Crippen LogP contribution in [0.3, 0.4) is 0 Å². The lowest BCUT2D eigenvalue weighted by Crippen LogP contribution is -2.46. The minimum atomic E-state index is -1.15. The SMILES string of the molecule is Cl.N#CC1(O)CCCN(Cc2ccccc2)C1. The van der Waals surface area contributed by atoms with Crippen LogP contribution in [0, 0.1) is 11.3 Å². The lowest BCUT2D eigenvalue weighted by atomic mass is 9.94. The molecule has 0 aliphatic carbocycles. The number of aliphatic hydroxyl groups is 1. The standard InChI is InChI=1S/C13H16N2O.ClH/c14-10-13(16)7-4-8-15(11-13)9-12-5-2-1-3-6-12;/h1-3,5-6,16H,4,7-9,11H2;1H. The highest BCUT2D eigenvalue weighted by Gasteiger charge is 2.32. The van der Waals surface area contributed by atoms with Crippen molar-refractivity contribution >= 4 is 12.4 Å². The van der Waals surface area contributed by atoms with Crippen LogP contribution in [0.15, 0.2) is 30.3 Å². The van der Waals surface area contributed by atoms with Crippen LogP contribution in [0.4, 0.5) is 0 Å². The number of hydrogen-bond acceptors (Lipinski definition) is 3. The first-order valence-corrected chi connectivity index (χ1v) is 5.62. The summed E-state index contributed by atoms with van der Waals surface area (Å²) >= 11 is 0. The van der Waals surface area contributed by atoms with E-state index in [-0.39, 0.29) is 12.4 Å². The highest BCUT2D eigenvalue weighted by Crippen LogP contribution is 2.21. The van der Waals surface area contributed by atoms with Crippen LogP contribution in [0.2, 0.25) is 0 Å². The lowest BCUT2D eigenvalue weighted by molar-refractivity contribution is 0.0113. The summed E-state index contributed by atoms with van der Waals surface area (Å²) in [6.07, 6.45) is 1.48. The molecular weight excluding hydrogens is 236 g/mol. The Morgan fingerprint density at radius 3 is 2.71 bits per heavy atom. The Kier molecular flexibility index (Phi) is 4.95. The average Bonchev–Trinajstić information content (AvgIpc) is 2.30. The summed E-state index contributed by atoms with van der Waals surface area (Å²) in [4.78, 5) is 2.14. The number of piperidine rings is 1. The predicted octanol–water partition coefficient (Wildman–Crippen LogP) is 1.96. The molecule has 0 bridgehead atoms. The second-order valence-corrected chi connectivity index (χ2v) is 4.44. The van der Waals surface area contributed by atoms with Crippen LogP contribution < -0.4 is 0 Å². The summed E-state index contributed by atoms with van der Waals surface area (Å²) in [6, 6.07) is 12.2. The zero-order valence-corrected chi connectivity index (χ0v) is 10.5. The molecule has 0 amide bonds. The molecule has 0 radical (unpaired) electrons. The van der Waals surface area contributed by atoms with Gasteiger partial charge in [0.05, 0.1) is 6.07 Å². The van der Waals surface area contributed by atoms with Crippen molar-refractivity contribution in [3.8, 4) is 6.07 Å². The molecule has 1 aromatic rings. The van der Waals surface area contributed by atoms with E-state index in [1.807, 2.05) is 24.3 Å². The van der Waals surface area contributed by atoms with Crippen molar-refractivity contribution < 1.29 is 5.11 Å². The van der Waals surface area contributed by atoms with Crippen LogP contribution in [0.25, 0.3) is 0 Å². The van der Waals surface area contributed by atoms with Gasteiger partial charge in [-0.1, -0.05) is 30.3 Å². The molecule has 0 saturated carbocycles. The van der Waals surface area contributed by atoms with E-state index in [0.29, 0.717) is 13.0 Å². The number of β-amino-alcohol motifs (C(OH)–C–C–N with tert-alkyl or cyclic N) is 1. The molecule has 1 N–H and O–H groups in total. The molecule has 0 spiro atoms. The van der Waals surface area contributed by atoms with Crippen LogP contribution >= 0.6 is 12.4 Å². The summed E-state index contributed by atoms with van der Waals surface area (Å²) in [5.41, 5.74) is 0.0808. The summed E-state index contributed by atoms with van der Waals surface area (Å²) in [7, 11) is 0. The molecule has 1 atom stereocenters. The smallest absolute Gasteiger partial charge is 0.163 e. The number of hydrogen-bond donors (Lipinski definition) is 1. The first-order valence-electron chi connectivity index (χ1n) is 5.62. The molecule has 1 aromatic carbocycles. The van der Waals surface area contributed by atoms with Crippen LogP contribution in [-0.4, -0.2) is 28.7 Å². The van der Waals surface area contributed by atoms with Gasteiger partial charge in [-0.15, -0.1) is 12.4 Å². The molecule has 1 aliphatic heterocycles. The minimum Gasteiger partial charge on any atom is -0.374 e. The Bertz CT molecular complexity index is 390. The molecule has 1 heterocycles. The number of halogens is 1. The fraction of sp³-hybridized carbons (Fsp3) is 0.462. The third-order valence-electron chi connectivity index (χ3n) is 3.01. The molecule has 1 aliphatic rings. The van der Waals surface area contributed by atoms with E-state index in [1.165, 1.54) is 5.56 Å². The summed E-state index contributed by atoms with van der Waals surface area (Å²) in [5, 5.41) is 18.8. The number of rotatable bonds is 2. The van der Waals surface area contributed by atoms with E-state index in [4.69, 9.17) is 5.26 Å². The molecule has 0 aromatic heterocycles. The van der Waals surface area contributed by atoms with Crippen molar-refractivity contribution in [3.05, 3.63) is 35.9 Å². The van der Waals surface area contributed by atoms with Gasteiger partial charge < -0.3 is 5.11 Å². The largest absolute Gasteiger partial charge is 0.374 e. The van der Waals surface area contributed by atoms with Crippen molar-refractivity contribution in [1.82, 2.24) is 4.90 Å². The van der Waals surface area contributed by atoms with Gasteiger partial charge in [0.1, 0.15) is 0 Å². The molecule has 92 valence electrons. The van der Waals surface area contributed by atoms with E-state index in [2.05, 4.69) is 17.0 Å². The Morgan fingerprint density at radius 2 is 2.06 bits per heavy atom. The highest BCUT2D eigenvalue weighted by molar-refractivity contribution is 5.85. The van der Waals surface area contributed by atoms with Crippen molar-refractivity contribution in [1.29, 1.82) is 5.26 Å². The molecule has 3 nitrogen and oxygen atoms in total. The van der Waals surface area contributed by atoms with Gasteiger partial charge in [0.2, 0.25) is 0 Å². The van der Waals surface area contributed by atoms with Gasteiger partial charge in [0.25, 0.3) is 0 Å². The Balaban J connectivity index is 0.00000144. The van der Waals surface area contributed by atoms with Gasteiger partial charge in [0.15, 0.2) is 5.60 Å². The number of nitrogens with zero attached hydrogens (tertiary/aromatic N) is 2. The van der Waals surface area contributed by atoms with Gasteiger partial charge in [0, 0.05) is 13.1 Å². The van der Waals surface area contributed by atoms with Crippen LogP contribution in [0.1, 0.15) is 18.4 Å². The zero-order valence-electron chi connectivity index (χ0n) is 9.67. The summed E-state index contributed by atoms with van der Waals surface area (Å²) in [6.45, 7) is 2.22. The average molecular weight is 253 g/mol. The molecule has 1 fully saturated rings. The van der Waals surface area contributed by atoms with Gasteiger partial charge >= 0.3 is 0 Å². The van der Waals surface area contributed by atoms with Crippen molar-refractivity contribution in [2.75, 3.05) is 13.1 Å². The van der Waals surface area contributed by atoms with E-state index >= 15 is 0 Å². The molecular formula is C13H17ClN2O. The van der Waals surface area contributed by atoms with E-state index < -0.39 is 5.60 Å². The van der Waals surface area contributed by atoms with Gasteiger partial charge in [-0.05, 0) is 24.9 Å². The van der Waals surface area contributed by atoms with Crippen molar-refractivity contribution in [2.45, 2.75) is 25.0 Å². The molecule has 1 unspecified atom stereocenters. The Morgan fingerprint density at radius 1 is 1.35 bits per heavy atom. The normalized spacial score (nSPS) is 24.7. The maximum atomic E-state index is 9.93. The number of benzene rings is 1. The number of likely N-dealkylation sites (tertiary alicyclic amines) is 1. The third-order valence-corrected chi connectivity index (χ3v) is 3.01. The molecule has 2 rings (SSSR count). The Hall–Kier alpha value is -1.08. The topological polar surface area (TPSA) is 47.3 Å². The van der Waals surface area contributed by atoms with Gasteiger partial charge in [-0.3, -0.25) is 4.90 Å². The zero-order chi connectivity index (χ0) is 11.4. The predicted molar refractivity (Wildman–Crippen MR) is 68.8 cm³/mol. The Labute approximate surface area is 108 Å². The van der Waals surface area contributed by atoms with E-state index in [0.717, 1.165) is 19.5 Å². The maximum Gasteiger partial charge on any atom is 0.163 e. The second kappa shape index (κ2) is 6.02. The molecule has 4 heteroatoms. The quantitative estimate of drug-likeness (QED) is 0.819. The van der Waals surface area contributed by atoms with Crippen molar-refractivity contribution in [2.24, 2.45) is 0 Å². The summed E-state index contributed by atoms with van der Waals surface area (Å²) in [5.74, 6) is 0. The second-order valence-electron chi connectivity index (χ2n) is 4.44. The van der Waals surface area contributed by atoms with Crippen molar-refractivity contribution in [3.63, 3.8) is 0 Å². The minimum absolute atomic E-state index is 0. The van der Waals surface area contributed by atoms with E-state index in [1.54, 1.807) is 0 Å². The summed E-state index contributed by atoms with van der Waals surface area (Å²) < 4.78 is 0. The highest BCUT2D eigenvalue weighted by atomic mass is 35.5. The number of nitriles is 1. The maximum absolute atomic E-state index is 9.93. The van der Waals surface area contributed by atoms with Gasteiger partial charge in [-0.2, -0.15) is 5.26 Å². The van der Waals surface area contributed by atoms with Gasteiger partial charge in [-0.25, -0.2) is 0 Å². The van der Waals surface area contributed by atoms with E-state index in [9.17, 15) is 5.11 Å².